The number of carboxylic acids is 1. The fraction of sp³-hybridized carbons (Fsp3) is 0.846. The van der Waals surface area contributed by atoms with E-state index in [1.807, 2.05) is 14.1 Å². The zero-order chi connectivity index (χ0) is 14.8. The fourth-order valence-electron chi connectivity index (χ4n) is 2.70. The molecule has 2 fully saturated rings. The van der Waals surface area contributed by atoms with E-state index >= 15 is 0 Å². The number of likely N-dealkylation sites (N-methyl/N-ethyl adjacent to an activating group) is 1. The molecule has 2 amide bonds. The lowest BCUT2D eigenvalue weighted by molar-refractivity contribution is -0.154. The molecule has 1 aliphatic heterocycles. The van der Waals surface area contributed by atoms with Crippen LogP contribution in [0.1, 0.15) is 19.3 Å². The first-order valence-corrected chi connectivity index (χ1v) is 6.99. The largest absolute Gasteiger partial charge is 0.479 e. The Balaban J connectivity index is 1.84. The van der Waals surface area contributed by atoms with Crippen LogP contribution in [-0.2, 0) is 9.53 Å². The molecule has 0 aromatic rings. The molecule has 0 radical (unpaired) electrons. The minimum Gasteiger partial charge on any atom is -0.479 e. The van der Waals surface area contributed by atoms with Gasteiger partial charge in [0.15, 0.2) is 6.10 Å². The van der Waals surface area contributed by atoms with Crippen molar-refractivity contribution in [2.75, 3.05) is 40.3 Å². The van der Waals surface area contributed by atoms with Crippen LogP contribution >= 0.6 is 0 Å². The van der Waals surface area contributed by atoms with Crippen LogP contribution in [0.15, 0.2) is 0 Å². The lowest BCUT2D eigenvalue weighted by Gasteiger charge is -2.47. The number of ether oxygens (including phenoxy) is 1. The quantitative estimate of drug-likeness (QED) is 0.758. The second-order valence-corrected chi connectivity index (χ2v) is 5.77. The number of carbonyl (C=O) groups is 2. The van der Waals surface area contributed by atoms with Crippen molar-refractivity contribution in [2.45, 2.75) is 30.9 Å². The molecule has 0 spiro atoms. The second kappa shape index (κ2) is 5.97. The van der Waals surface area contributed by atoms with Crippen molar-refractivity contribution in [1.82, 2.24) is 15.1 Å². The third-order valence-corrected chi connectivity index (χ3v) is 4.43. The first-order valence-electron chi connectivity index (χ1n) is 6.99. The summed E-state index contributed by atoms with van der Waals surface area (Å²) >= 11 is 0. The number of carbonyl (C=O) groups excluding carboxylic acids is 1. The number of hydrogen-bond acceptors (Lipinski definition) is 4. The summed E-state index contributed by atoms with van der Waals surface area (Å²) in [6, 6.07) is -0.201. The molecular formula is C13H23N3O4. The Hall–Kier alpha value is -1.34. The molecule has 1 saturated carbocycles. The molecule has 1 heterocycles. The van der Waals surface area contributed by atoms with Gasteiger partial charge in [0.2, 0.25) is 0 Å². The molecule has 1 unspecified atom stereocenters. The number of rotatable bonds is 4. The molecule has 0 aromatic carbocycles. The van der Waals surface area contributed by atoms with Gasteiger partial charge in [0, 0.05) is 18.6 Å². The van der Waals surface area contributed by atoms with E-state index in [1.165, 1.54) is 11.3 Å². The topological polar surface area (TPSA) is 82.1 Å². The van der Waals surface area contributed by atoms with Gasteiger partial charge < -0.3 is 25.0 Å². The highest BCUT2D eigenvalue weighted by atomic mass is 16.5. The van der Waals surface area contributed by atoms with Crippen molar-refractivity contribution in [3.63, 3.8) is 0 Å². The highest BCUT2D eigenvalue weighted by Gasteiger charge is 2.39. The van der Waals surface area contributed by atoms with Gasteiger partial charge in [-0.05, 0) is 33.4 Å². The average molecular weight is 285 g/mol. The van der Waals surface area contributed by atoms with Crippen LogP contribution < -0.4 is 5.32 Å². The first kappa shape index (κ1) is 15.1. The zero-order valence-corrected chi connectivity index (χ0v) is 12.1. The maximum absolute atomic E-state index is 12.1. The number of morpholine rings is 1. The van der Waals surface area contributed by atoms with Gasteiger partial charge in [-0.2, -0.15) is 0 Å². The van der Waals surface area contributed by atoms with E-state index in [9.17, 15) is 9.59 Å². The smallest absolute Gasteiger partial charge is 0.334 e. The van der Waals surface area contributed by atoms with E-state index in [0.717, 1.165) is 12.8 Å². The number of nitrogens with zero attached hydrogens (tertiary/aromatic N) is 2. The van der Waals surface area contributed by atoms with Crippen molar-refractivity contribution in [3.05, 3.63) is 0 Å². The van der Waals surface area contributed by atoms with Gasteiger partial charge in [0.25, 0.3) is 0 Å². The lowest BCUT2D eigenvalue weighted by atomic mass is 9.75. The van der Waals surface area contributed by atoms with Crippen LogP contribution in [0, 0.1) is 0 Å². The van der Waals surface area contributed by atoms with Crippen molar-refractivity contribution in [1.29, 1.82) is 0 Å². The standard InChI is InChI=1S/C13H23N3O4/c1-15(2)13(4-3-5-13)9-14-12(19)16-6-7-20-10(8-16)11(17)18/h10H,3-9H2,1-2H3,(H,14,19)(H,17,18). The Kier molecular flexibility index (Phi) is 4.49. The molecule has 2 aliphatic rings. The van der Waals surface area contributed by atoms with Crippen LogP contribution in [0.2, 0.25) is 0 Å². The minimum absolute atomic E-state index is 0.0636. The molecule has 0 bridgehead atoms. The first-order chi connectivity index (χ1) is 9.44. The summed E-state index contributed by atoms with van der Waals surface area (Å²) in [6.45, 7) is 1.41. The summed E-state index contributed by atoms with van der Waals surface area (Å²) in [5.41, 5.74) is 0.0636. The van der Waals surface area contributed by atoms with Crippen LogP contribution in [0.25, 0.3) is 0 Å². The molecule has 114 valence electrons. The van der Waals surface area contributed by atoms with Gasteiger partial charge in [0.05, 0.1) is 13.2 Å². The highest BCUT2D eigenvalue weighted by Crippen LogP contribution is 2.35. The highest BCUT2D eigenvalue weighted by molar-refractivity contribution is 5.77. The number of hydrogen-bond donors (Lipinski definition) is 2. The molecule has 20 heavy (non-hydrogen) atoms. The van der Waals surface area contributed by atoms with Gasteiger partial charge in [-0.1, -0.05) is 0 Å². The van der Waals surface area contributed by atoms with Gasteiger partial charge in [-0.25, -0.2) is 9.59 Å². The maximum Gasteiger partial charge on any atom is 0.334 e. The number of urea groups is 1. The summed E-state index contributed by atoms with van der Waals surface area (Å²) in [4.78, 5) is 26.7. The molecule has 1 atom stereocenters. The van der Waals surface area contributed by atoms with Crippen molar-refractivity contribution < 1.29 is 19.4 Å². The summed E-state index contributed by atoms with van der Waals surface area (Å²) in [6.07, 6.45) is 2.44. The van der Waals surface area contributed by atoms with Gasteiger partial charge in [0.1, 0.15) is 0 Å². The second-order valence-electron chi connectivity index (χ2n) is 5.77. The molecule has 0 aromatic heterocycles. The third kappa shape index (κ3) is 3.04. The zero-order valence-electron chi connectivity index (χ0n) is 12.1. The molecule has 7 heteroatoms. The molecule has 7 nitrogen and oxygen atoms in total. The van der Waals surface area contributed by atoms with Crippen LogP contribution in [0.5, 0.6) is 0 Å². The molecule has 2 N–H and O–H groups in total. The number of aliphatic carboxylic acids is 1. The molecule has 1 saturated heterocycles. The fourth-order valence-corrected chi connectivity index (χ4v) is 2.70. The van der Waals surface area contributed by atoms with E-state index in [2.05, 4.69) is 10.2 Å². The SMILES string of the molecule is CN(C)C1(CNC(=O)N2CCOC(C(=O)O)C2)CCC1. The van der Waals surface area contributed by atoms with Crippen LogP contribution in [0.4, 0.5) is 4.79 Å². The Morgan fingerprint density at radius 2 is 2.15 bits per heavy atom. The summed E-state index contributed by atoms with van der Waals surface area (Å²) in [7, 11) is 4.06. The van der Waals surface area contributed by atoms with Crippen molar-refractivity contribution >= 4 is 12.0 Å². The summed E-state index contributed by atoms with van der Waals surface area (Å²) < 4.78 is 5.11. The van der Waals surface area contributed by atoms with Crippen LogP contribution in [-0.4, -0.2) is 78.9 Å². The Bertz CT molecular complexity index is 382. The maximum atomic E-state index is 12.1. The number of carboxylic acid groups (broad SMARTS) is 1. The average Bonchev–Trinajstić information content (AvgIpc) is 2.37. The van der Waals surface area contributed by atoms with Gasteiger partial charge in [-0.15, -0.1) is 0 Å². The van der Waals surface area contributed by atoms with Crippen molar-refractivity contribution in [2.24, 2.45) is 0 Å². The van der Waals surface area contributed by atoms with E-state index in [4.69, 9.17) is 9.84 Å². The van der Waals surface area contributed by atoms with E-state index in [-0.39, 0.29) is 24.7 Å². The summed E-state index contributed by atoms with van der Waals surface area (Å²) in [5.74, 6) is -1.02. The third-order valence-electron chi connectivity index (χ3n) is 4.43. The van der Waals surface area contributed by atoms with Gasteiger partial charge in [-0.3, -0.25) is 0 Å². The normalized spacial score (nSPS) is 25.1. The Labute approximate surface area is 118 Å². The van der Waals surface area contributed by atoms with Crippen molar-refractivity contribution in [3.8, 4) is 0 Å². The van der Waals surface area contributed by atoms with Gasteiger partial charge >= 0.3 is 12.0 Å². The monoisotopic (exact) mass is 285 g/mol. The lowest BCUT2D eigenvalue weighted by Crippen LogP contribution is -2.59. The summed E-state index contributed by atoms with van der Waals surface area (Å²) in [5, 5.41) is 11.9. The van der Waals surface area contributed by atoms with Crippen LogP contribution in [0.3, 0.4) is 0 Å². The predicted molar refractivity (Wildman–Crippen MR) is 72.6 cm³/mol. The number of amides is 2. The van der Waals surface area contributed by atoms with E-state index < -0.39 is 12.1 Å². The predicted octanol–water partition coefficient (Wildman–Crippen LogP) is -0.0343. The Morgan fingerprint density at radius 3 is 2.65 bits per heavy atom. The molecule has 2 rings (SSSR count). The molecular weight excluding hydrogens is 262 g/mol. The van der Waals surface area contributed by atoms with E-state index in [1.54, 1.807) is 0 Å². The van der Waals surface area contributed by atoms with E-state index in [0.29, 0.717) is 13.1 Å². The minimum atomic E-state index is -1.02. The number of nitrogens with one attached hydrogen (secondary N) is 1. The molecule has 1 aliphatic carbocycles. The Morgan fingerprint density at radius 1 is 1.45 bits per heavy atom.